The number of ether oxygens (including phenoxy) is 1. The van der Waals surface area contributed by atoms with Crippen LogP contribution >= 0.6 is 0 Å². The molecule has 2 aliphatic heterocycles. The van der Waals surface area contributed by atoms with Crippen molar-refractivity contribution >= 4 is 34.4 Å². The second-order valence-corrected chi connectivity index (χ2v) is 10.8. The molecule has 9 nitrogen and oxygen atoms in total. The smallest absolute Gasteiger partial charge is 0.211 e. The standard InChI is InChI=1S/C17H15N5O.C15H29FN2O.C2H6/c23-11-19-13-5-6-15-14(9-13)17(21-20-15)12-3-1-4-16-18-7-2-8-22(16)10-12;1-7-15(16)14(13(4)19-6)10-18(5)9-11(2)8-12(3)17;1-2/h1-3,5-6,8-11H,4,7H2,(H,19,23)(H,20,21);7,11-12,14-15H,1,4,8-10,17H2,2-3,5-6H3;1-2H3. The first-order valence-electron chi connectivity index (χ1n) is 15.2. The van der Waals surface area contributed by atoms with Crippen LogP contribution in [0.5, 0.6) is 0 Å². The summed E-state index contributed by atoms with van der Waals surface area (Å²) in [7, 11) is 3.49. The molecule has 0 aliphatic carbocycles. The summed E-state index contributed by atoms with van der Waals surface area (Å²) in [6.07, 6.45) is 12.8. The lowest BCUT2D eigenvalue weighted by atomic mass is 9.99. The van der Waals surface area contributed by atoms with Gasteiger partial charge in [-0.3, -0.25) is 14.9 Å². The highest BCUT2D eigenvalue weighted by Crippen LogP contribution is 2.28. The minimum Gasteiger partial charge on any atom is -0.501 e. The quantitative estimate of drug-likeness (QED) is 0.140. The van der Waals surface area contributed by atoms with Crippen molar-refractivity contribution < 1.29 is 13.9 Å². The molecule has 4 N–H and O–H groups in total. The van der Waals surface area contributed by atoms with E-state index in [1.54, 1.807) is 0 Å². The molecule has 0 bridgehead atoms. The van der Waals surface area contributed by atoms with Gasteiger partial charge < -0.3 is 25.6 Å². The molecule has 10 heteroatoms. The summed E-state index contributed by atoms with van der Waals surface area (Å²) in [5, 5.41) is 11.1. The third-order valence-electron chi connectivity index (χ3n) is 7.07. The molecule has 2 aliphatic rings. The fraction of sp³-hybridized carbons (Fsp3) is 0.441. The highest BCUT2D eigenvalue weighted by atomic mass is 19.1. The zero-order valence-electron chi connectivity index (χ0n) is 27.1. The molecule has 0 fully saturated rings. The molecule has 0 saturated heterocycles. The number of amidine groups is 1. The average Bonchev–Trinajstić information content (AvgIpc) is 3.31. The van der Waals surface area contributed by atoms with Crippen molar-refractivity contribution in [2.45, 2.75) is 52.8 Å². The van der Waals surface area contributed by atoms with E-state index in [1.165, 1.54) is 13.2 Å². The number of aromatic amines is 1. The number of amides is 1. The van der Waals surface area contributed by atoms with Gasteiger partial charge in [0.15, 0.2) is 0 Å². The maximum absolute atomic E-state index is 13.8. The van der Waals surface area contributed by atoms with Gasteiger partial charge in [0.1, 0.15) is 17.7 Å². The number of rotatable bonds is 13. The predicted octanol–water partition coefficient (Wildman–Crippen LogP) is 6.28. The molecule has 2 aromatic rings. The average molecular weight is 608 g/mol. The third kappa shape index (κ3) is 10.6. The van der Waals surface area contributed by atoms with Gasteiger partial charge in [0.2, 0.25) is 6.41 Å². The monoisotopic (exact) mass is 607 g/mol. The van der Waals surface area contributed by atoms with Gasteiger partial charge in [-0.2, -0.15) is 5.10 Å². The van der Waals surface area contributed by atoms with Crippen LogP contribution in [0.2, 0.25) is 0 Å². The first-order chi connectivity index (χ1) is 21.2. The fourth-order valence-corrected chi connectivity index (χ4v) is 5.14. The molecule has 1 aromatic heterocycles. The minimum atomic E-state index is -1.14. The van der Waals surface area contributed by atoms with Gasteiger partial charge >= 0.3 is 0 Å². The molecule has 44 heavy (non-hydrogen) atoms. The van der Waals surface area contributed by atoms with Gasteiger partial charge in [0, 0.05) is 54.6 Å². The van der Waals surface area contributed by atoms with Crippen molar-refractivity contribution in [3.63, 3.8) is 0 Å². The van der Waals surface area contributed by atoms with Gasteiger partial charge in [0.25, 0.3) is 0 Å². The second-order valence-electron chi connectivity index (χ2n) is 10.8. The highest BCUT2D eigenvalue weighted by Gasteiger charge is 2.24. The highest BCUT2D eigenvalue weighted by molar-refractivity contribution is 5.97. The zero-order valence-corrected chi connectivity index (χ0v) is 27.1. The number of benzene rings is 1. The maximum Gasteiger partial charge on any atom is 0.211 e. The van der Waals surface area contributed by atoms with Gasteiger partial charge in [-0.15, -0.1) is 6.58 Å². The number of carbonyl (C=O) groups excluding carboxylic acids is 1. The number of H-pyrrole nitrogens is 1. The number of allylic oxidation sites excluding steroid dienone is 3. The largest absolute Gasteiger partial charge is 0.501 e. The van der Waals surface area contributed by atoms with E-state index in [-0.39, 0.29) is 12.0 Å². The van der Waals surface area contributed by atoms with Crippen LogP contribution in [0.1, 0.15) is 46.2 Å². The Balaban J connectivity index is 0.000000297. The Morgan fingerprint density at radius 1 is 1.30 bits per heavy atom. The van der Waals surface area contributed by atoms with Crippen molar-refractivity contribution in [3.8, 4) is 0 Å². The Morgan fingerprint density at radius 2 is 2.05 bits per heavy atom. The molecule has 1 amide bonds. The van der Waals surface area contributed by atoms with E-state index in [0.29, 0.717) is 24.6 Å². The minimum absolute atomic E-state index is 0.190. The zero-order chi connectivity index (χ0) is 32.6. The Labute approximate surface area is 262 Å². The summed E-state index contributed by atoms with van der Waals surface area (Å²) < 4.78 is 18.9. The molecule has 4 atom stereocenters. The third-order valence-corrected chi connectivity index (χ3v) is 7.07. The van der Waals surface area contributed by atoms with E-state index in [4.69, 9.17) is 10.5 Å². The molecule has 3 heterocycles. The van der Waals surface area contributed by atoms with Gasteiger partial charge in [0.05, 0.1) is 30.8 Å². The number of methoxy groups -OCH3 is 1. The van der Waals surface area contributed by atoms with E-state index in [1.807, 2.05) is 69.4 Å². The molecule has 0 spiro atoms. The van der Waals surface area contributed by atoms with Crippen molar-refractivity contribution in [2.24, 2.45) is 22.6 Å². The molecule has 0 saturated carbocycles. The molecule has 4 rings (SSSR count). The van der Waals surface area contributed by atoms with Crippen molar-refractivity contribution in [2.75, 3.05) is 39.1 Å². The van der Waals surface area contributed by atoms with Crippen LogP contribution in [-0.4, -0.2) is 78.2 Å². The molecule has 0 radical (unpaired) electrons. The van der Waals surface area contributed by atoms with E-state index in [9.17, 15) is 9.18 Å². The molecule has 240 valence electrons. The number of carbonyl (C=O) groups is 1. The summed E-state index contributed by atoms with van der Waals surface area (Å²) in [6, 6.07) is 5.86. The Kier molecular flexibility index (Phi) is 15.3. The fourth-order valence-electron chi connectivity index (χ4n) is 5.14. The number of halogens is 1. The van der Waals surface area contributed by atoms with Crippen LogP contribution in [0.15, 0.2) is 78.8 Å². The van der Waals surface area contributed by atoms with Gasteiger partial charge in [-0.25, -0.2) is 4.39 Å². The molecular weight excluding hydrogens is 557 g/mol. The topological polar surface area (TPSA) is 112 Å². The van der Waals surface area contributed by atoms with Crippen LogP contribution in [0.25, 0.3) is 16.5 Å². The van der Waals surface area contributed by atoms with Crippen LogP contribution < -0.4 is 11.1 Å². The number of fused-ring (bicyclic) bond motifs is 2. The molecular formula is C34H50FN7O2. The number of anilines is 1. The van der Waals surface area contributed by atoms with Crippen LogP contribution in [0.3, 0.4) is 0 Å². The van der Waals surface area contributed by atoms with E-state index in [0.717, 1.165) is 59.6 Å². The van der Waals surface area contributed by atoms with E-state index in [2.05, 4.69) is 57.6 Å². The first-order valence-corrected chi connectivity index (χ1v) is 15.2. The predicted molar refractivity (Wildman–Crippen MR) is 182 cm³/mol. The summed E-state index contributed by atoms with van der Waals surface area (Å²) in [5.74, 6) is 1.58. The number of alkyl halides is 1. The number of hydrogen-bond acceptors (Lipinski definition) is 7. The van der Waals surface area contributed by atoms with Crippen molar-refractivity contribution in [3.05, 3.63) is 79.5 Å². The second kappa shape index (κ2) is 18.6. The number of nitrogens with two attached hydrogens (primary N) is 1. The lowest BCUT2D eigenvalue weighted by Gasteiger charge is -2.28. The van der Waals surface area contributed by atoms with Gasteiger partial charge in [-0.05, 0) is 50.6 Å². The Bertz CT molecular complexity index is 1340. The number of nitrogens with one attached hydrogen (secondary N) is 2. The molecule has 1 aromatic carbocycles. The number of hydrogen-bond donors (Lipinski definition) is 3. The van der Waals surface area contributed by atoms with Crippen LogP contribution in [0, 0.1) is 11.8 Å². The SMILES string of the molecule is C=CC(F)C(CN(C)CC(C)CC(C)N)C(=C)OC.CC.O=CNc1ccc2[nH]nc(C3=CN4C=CCN=C4CC=C3)c2c1. The summed E-state index contributed by atoms with van der Waals surface area (Å²) in [5.41, 5.74) is 9.31. The lowest BCUT2D eigenvalue weighted by molar-refractivity contribution is -0.105. The number of aromatic nitrogens is 2. The van der Waals surface area contributed by atoms with E-state index < -0.39 is 6.17 Å². The normalized spacial score (nSPS) is 16.4. The summed E-state index contributed by atoms with van der Waals surface area (Å²) >= 11 is 0. The van der Waals surface area contributed by atoms with Crippen molar-refractivity contribution in [1.29, 1.82) is 0 Å². The summed E-state index contributed by atoms with van der Waals surface area (Å²) in [4.78, 5) is 19.3. The lowest BCUT2D eigenvalue weighted by Crippen LogP contribution is -2.35. The first kappa shape index (κ1) is 36.2. The summed E-state index contributed by atoms with van der Waals surface area (Å²) in [6.45, 7) is 17.6. The van der Waals surface area contributed by atoms with Crippen LogP contribution in [0.4, 0.5) is 10.1 Å². The Morgan fingerprint density at radius 3 is 2.70 bits per heavy atom. The van der Waals surface area contributed by atoms with E-state index >= 15 is 0 Å². The number of aliphatic imine (C=N–C) groups is 1. The van der Waals surface area contributed by atoms with Gasteiger partial charge in [-0.1, -0.05) is 45.6 Å². The Hall–Kier alpha value is -4.02. The maximum atomic E-state index is 13.8. The van der Waals surface area contributed by atoms with Crippen LogP contribution in [-0.2, 0) is 9.53 Å². The molecule has 4 unspecified atom stereocenters. The van der Waals surface area contributed by atoms with Crippen molar-refractivity contribution in [1.82, 2.24) is 20.0 Å². The number of nitrogens with zero attached hydrogens (tertiary/aromatic N) is 4.